The Kier molecular flexibility index (Phi) is 8.82. The van der Waals surface area contributed by atoms with Gasteiger partial charge in [0.1, 0.15) is 6.04 Å². The molecule has 25 heavy (non-hydrogen) atoms. The van der Waals surface area contributed by atoms with E-state index in [-0.39, 0.29) is 24.8 Å². The van der Waals surface area contributed by atoms with E-state index in [9.17, 15) is 13.2 Å². The summed E-state index contributed by atoms with van der Waals surface area (Å²) < 4.78 is 31.4. The van der Waals surface area contributed by atoms with Crippen molar-refractivity contribution < 1.29 is 17.9 Å². The highest BCUT2D eigenvalue weighted by atomic mass is 32.2. The molecule has 0 aliphatic rings. The number of hydrogen-bond donors (Lipinski definition) is 1. The maximum Gasteiger partial charge on any atom is 0.324 e. The largest absolute Gasteiger partial charge is 0.468 e. The minimum Gasteiger partial charge on any atom is -0.468 e. The van der Waals surface area contributed by atoms with Gasteiger partial charge in [0.25, 0.3) is 0 Å². The van der Waals surface area contributed by atoms with Crippen LogP contribution >= 0.6 is 0 Å². The van der Waals surface area contributed by atoms with Crippen LogP contribution in [0.4, 0.5) is 0 Å². The highest BCUT2D eigenvalue weighted by Gasteiger charge is 2.36. The number of hydrogen-bond acceptors (Lipinski definition) is 5. The molecule has 0 aromatic heterocycles. The Morgan fingerprint density at radius 2 is 1.96 bits per heavy atom. The van der Waals surface area contributed by atoms with Gasteiger partial charge in [-0.2, -0.15) is 4.31 Å². The van der Waals surface area contributed by atoms with Gasteiger partial charge >= 0.3 is 5.97 Å². The highest BCUT2D eigenvalue weighted by Crippen LogP contribution is 2.17. The van der Waals surface area contributed by atoms with Gasteiger partial charge in [0.15, 0.2) is 0 Å². The number of carbonyl (C=O) groups is 1. The molecule has 0 fully saturated rings. The van der Waals surface area contributed by atoms with Crippen molar-refractivity contribution in [3.63, 3.8) is 0 Å². The van der Waals surface area contributed by atoms with Crippen LogP contribution in [0.2, 0.25) is 0 Å². The van der Waals surface area contributed by atoms with Crippen LogP contribution in [-0.2, 0) is 26.1 Å². The van der Waals surface area contributed by atoms with Crippen LogP contribution < -0.4 is 5.32 Å². The average molecular weight is 368 g/mol. The lowest BCUT2D eigenvalue weighted by molar-refractivity contribution is -0.146. The zero-order valence-corrected chi connectivity index (χ0v) is 16.0. The van der Waals surface area contributed by atoms with Crippen LogP contribution in [0, 0.1) is 5.92 Å². The predicted molar refractivity (Wildman–Crippen MR) is 99.5 cm³/mol. The van der Waals surface area contributed by atoms with Crippen molar-refractivity contribution in [2.24, 2.45) is 5.92 Å². The molecular formula is C18H28N2O4S. The van der Waals surface area contributed by atoms with E-state index in [0.29, 0.717) is 6.54 Å². The Bertz CT molecular complexity index is 644. The van der Waals surface area contributed by atoms with Crippen molar-refractivity contribution in [1.29, 1.82) is 0 Å². The first kappa shape index (κ1) is 21.3. The Labute approximate surface area is 150 Å². The number of methoxy groups -OCH3 is 1. The molecule has 0 unspecified atom stereocenters. The topological polar surface area (TPSA) is 75.7 Å². The van der Waals surface area contributed by atoms with Crippen LogP contribution in [0.15, 0.2) is 43.0 Å². The molecule has 6 nitrogen and oxygen atoms in total. The lowest BCUT2D eigenvalue weighted by atomic mass is 10.0. The average Bonchev–Trinajstić information content (AvgIpc) is 2.58. The summed E-state index contributed by atoms with van der Waals surface area (Å²) in [6.07, 6.45) is 1.48. The molecule has 0 radical (unpaired) electrons. The molecule has 7 heteroatoms. The maximum absolute atomic E-state index is 12.7. The predicted octanol–water partition coefficient (Wildman–Crippen LogP) is 1.79. The van der Waals surface area contributed by atoms with Gasteiger partial charge in [-0.05, 0) is 11.5 Å². The van der Waals surface area contributed by atoms with Crippen LogP contribution in [0.1, 0.15) is 19.4 Å². The third kappa shape index (κ3) is 6.61. The van der Waals surface area contributed by atoms with Gasteiger partial charge in [-0.15, -0.1) is 6.58 Å². The molecule has 1 aromatic carbocycles. The molecule has 0 saturated heterocycles. The van der Waals surface area contributed by atoms with E-state index in [1.54, 1.807) is 13.8 Å². The second-order valence-electron chi connectivity index (χ2n) is 6.05. The second-order valence-corrected chi connectivity index (χ2v) is 8.09. The number of nitrogens with zero attached hydrogens (tertiary/aromatic N) is 1. The first-order valence-electron chi connectivity index (χ1n) is 8.26. The van der Waals surface area contributed by atoms with Gasteiger partial charge in [0, 0.05) is 19.6 Å². The van der Waals surface area contributed by atoms with Crippen molar-refractivity contribution >= 4 is 16.0 Å². The number of sulfonamides is 1. The Balaban J connectivity index is 2.75. The van der Waals surface area contributed by atoms with Gasteiger partial charge in [-0.3, -0.25) is 4.79 Å². The molecule has 0 spiro atoms. The summed E-state index contributed by atoms with van der Waals surface area (Å²) >= 11 is 0. The second kappa shape index (κ2) is 10.3. The lowest BCUT2D eigenvalue weighted by Crippen LogP contribution is -2.50. The summed E-state index contributed by atoms with van der Waals surface area (Å²) in [6.45, 7) is 8.13. The molecule has 0 aliphatic carbocycles. The number of rotatable bonds is 11. The van der Waals surface area contributed by atoms with Crippen molar-refractivity contribution in [2.45, 2.75) is 26.4 Å². The molecule has 1 aromatic rings. The Morgan fingerprint density at radius 3 is 2.48 bits per heavy atom. The summed E-state index contributed by atoms with van der Waals surface area (Å²) in [5, 5.41) is 3.12. The fourth-order valence-electron chi connectivity index (χ4n) is 2.52. The minimum absolute atomic E-state index is 0.0684. The smallest absolute Gasteiger partial charge is 0.324 e. The third-order valence-corrected chi connectivity index (χ3v) is 5.57. The molecule has 0 heterocycles. The highest BCUT2D eigenvalue weighted by molar-refractivity contribution is 7.89. The molecule has 0 saturated carbocycles. The van der Waals surface area contributed by atoms with E-state index >= 15 is 0 Å². The van der Waals surface area contributed by atoms with Crippen LogP contribution in [-0.4, -0.2) is 50.7 Å². The Morgan fingerprint density at radius 1 is 1.32 bits per heavy atom. The van der Waals surface area contributed by atoms with Gasteiger partial charge in [0.05, 0.1) is 12.9 Å². The van der Waals surface area contributed by atoms with Crippen molar-refractivity contribution in [3.05, 3.63) is 48.6 Å². The van der Waals surface area contributed by atoms with Crippen molar-refractivity contribution in [2.75, 3.05) is 26.0 Å². The fraction of sp³-hybridized carbons (Fsp3) is 0.500. The number of ether oxygens (including phenoxy) is 1. The number of esters is 1. The lowest BCUT2D eigenvalue weighted by Gasteiger charge is -2.30. The van der Waals surface area contributed by atoms with E-state index in [4.69, 9.17) is 4.74 Å². The summed E-state index contributed by atoms with van der Waals surface area (Å²) in [5.74, 6) is -0.870. The SMILES string of the molecule is C=CCN([C@@H](C(=O)OC)C(C)C)S(=O)(=O)CCNCc1ccccc1. The zero-order chi connectivity index (χ0) is 18.9. The maximum atomic E-state index is 12.7. The van der Waals surface area contributed by atoms with Crippen LogP contribution in [0.25, 0.3) is 0 Å². The van der Waals surface area contributed by atoms with Gasteiger partial charge < -0.3 is 10.1 Å². The quantitative estimate of drug-likeness (QED) is 0.366. The third-order valence-electron chi connectivity index (χ3n) is 3.76. The number of nitrogens with one attached hydrogen (secondary N) is 1. The molecule has 140 valence electrons. The van der Waals surface area contributed by atoms with Gasteiger partial charge in [0.2, 0.25) is 10.0 Å². The van der Waals surface area contributed by atoms with Crippen molar-refractivity contribution in [3.8, 4) is 0 Å². The zero-order valence-electron chi connectivity index (χ0n) is 15.1. The van der Waals surface area contributed by atoms with Crippen LogP contribution in [0.5, 0.6) is 0 Å². The molecular weight excluding hydrogens is 340 g/mol. The van der Waals surface area contributed by atoms with E-state index in [2.05, 4.69) is 11.9 Å². The van der Waals surface area contributed by atoms with Gasteiger partial charge in [-0.1, -0.05) is 50.3 Å². The molecule has 1 rings (SSSR count). The molecule has 0 amide bonds. The summed E-state index contributed by atoms with van der Waals surface area (Å²) in [7, 11) is -2.38. The fourth-order valence-corrected chi connectivity index (χ4v) is 4.16. The summed E-state index contributed by atoms with van der Waals surface area (Å²) in [5.41, 5.74) is 1.08. The molecule has 0 bridgehead atoms. The molecule has 1 atom stereocenters. The van der Waals surface area contributed by atoms with E-state index in [1.165, 1.54) is 17.5 Å². The minimum atomic E-state index is -3.64. The van der Waals surface area contributed by atoms with Gasteiger partial charge in [-0.25, -0.2) is 8.42 Å². The van der Waals surface area contributed by atoms with Crippen molar-refractivity contribution in [1.82, 2.24) is 9.62 Å². The van der Waals surface area contributed by atoms with E-state index in [1.807, 2.05) is 30.3 Å². The Hall–Kier alpha value is -1.70. The summed E-state index contributed by atoms with van der Waals surface area (Å²) in [4.78, 5) is 12.1. The number of carbonyl (C=O) groups excluding carboxylic acids is 1. The first-order chi connectivity index (χ1) is 11.8. The normalized spacial score (nSPS) is 13.0. The first-order valence-corrected chi connectivity index (χ1v) is 9.87. The van der Waals surface area contributed by atoms with Crippen LogP contribution in [0.3, 0.4) is 0 Å². The number of benzene rings is 1. The van der Waals surface area contributed by atoms with E-state index < -0.39 is 22.0 Å². The summed E-state index contributed by atoms with van der Waals surface area (Å²) in [6, 6.07) is 8.88. The standard InChI is InChI=1S/C18H28N2O4S/c1-5-12-20(17(15(2)3)18(21)24-4)25(22,23)13-11-19-14-16-9-7-6-8-10-16/h5-10,15,17,19H,1,11-14H2,2-4H3/t17-/m1/s1. The molecule has 1 N–H and O–H groups in total. The molecule has 0 aliphatic heterocycles. The monoisotopic (exact) mass is 368 g/mol. The van der Waals surface area contributed by atoms with E-state index in [0.717, 1.165) is 5.56 Å².